The van der Waals surface area contributed by atoms with Crippen molar-refractivity contribution in [3.05, 3.63) is 60.7 Å². The molecule has 1 N–H and O–H groups in total. The summed E-state index contributed by atoms with van der Waals surface area (Å²) in [6.07, 6.45) is 5.30. The Bertz CT molecular complexity index is 878. The van der Waals surface area contributed by atoms with Gasteiger partial charge < -0.3 is 19.5 Å². The molecule has 0 radical (unpaired) electrons. The molecule has 25 heavy (non-hydrogen) atoms. The van der Waals surface area contributed by atoms with Gasteiger partial charge in [-0.25, -0.2) is 4.98 Å². The molecule has 4 rings (SSSR count). The van der Waals surface area contributed by atoms with Gasteiger partial charge in [-0.15, -0.1) is 0 Å². The highest BCUT2D eigenvalue weighted by Crippen LogP contribution is 2.20. The summed E-state index contributed by atoms with van der Waals surface area (Å²) in [6, 6.07) is 11.7. The summed E-state index contributed by atoms with van der Waals surface area (Å²) >= 11 is 0. The van der Waals surface area contributed by atoms with Gasteiger partial charge in [0.15, 0.2) is 0 Å². The maximum absolute atomic E-state index is 12.4. The molecule has 3 aromatic rings. The number of fused-ring (bicyclic) bond motifs is 1. The first kappa shape index (κ1) is 15.7. The van der Waals surface area contributed by atoms with Crippen molar-refractivity contribution in [2.45, 2.75) is 0 Å². The molecule has 0 unspecified atom stereocenters. The van der Waals surface area contributed by atoms with Gasteiger partial charge in [-0.2, -0.15) is 0 Å². The highest BCUT2D eigenvalue weighted by atomic mass is 16.1. The zero-order valence-electron chi connectivity index (χ0n) is 14.2. The summed E-state index contributed by atoms with van der Waals surface area (Å²) in [5.41, 5.74) is 3.53. The van der Waals surface area contributed by atoms with Crippen molar-refractivity contribution in [3.63, 3.8) is 0 Å². The number of hydrogen-bond acceptors (Lipinski definition) is 4. The lowest BCUT2D eigenvalue weighted by atomic mass is 10.2. The predicted molar refractivity (Wildman–Crippen MR) is 99.3 cm³/mol. The van der Waals surface area contributed by atoms with Crippen LogP contribution in [0.1, 0.15) is 10.4 Å². The van der Waals surface area contributed by atoms with E-state index in [-0.39, 0.29) is 5.91 Å². The first-order valence-electron chi connectivity index (χ1n) is 8.46. The quantitative estimate of drug-likeness (QED) is 0.798. The lowest BCUT2D eigenvalue weighted by molar-refractivity contribution is 0.102. The van der Waals surface area contributed by atoms with Crippen LogP contribution in [0.3, 0.4) is 0 Å². The molecular weight excluding hydrogens is 314 g/mol. The molecule has 0 bridgehead atoms. The van der Waals surface area contributed by atoms with E-state index in [2.05, 4.69) is 39.3 Å². The maximum atomic E-state index is 12.4. The van der Waals surface area contributed by atoms with Gasteiger partial charge >= 0.3 is 0 Å². The molecule has 1 aliphatic rings. The Kier molecular flexibility index (Phi) is 4.11. The highest BCUT2D eigenvalue weighted by molar-refractivity contribution is 6.04. The van der Waals surface area contributed by atoms with Crippen LogP contribution in [0.25, 0.3) is 5.52 Å². The standard InChI is InChI=1S/C19H21N5O/c1-22-8-10-23(11-9-22)17-4-2-16(3-5-17)21-19(25)15-6-7-24-14-20-13-18(24)12-15/h2-7,12-14H,8-11H2,1H3,(H,21,25). The molecular formula is C19H21N5O. The molecule has 6 heteroatoms. The SMILES string of the molecule is CN1CCN(c2ccc(NC(=O)c3ccn4cncc4c3)cc2)CC1. The van der Waals surface area contributed by atoms with Crippen molar-refractivity contribution in [3.8, 4) is 0 Å². The molecule has 0 saturated carbocycles. The highest BCUT2D eigenvalue weighted by Gasteiger charge is 2.14. The van der Waals surface area contributed by atoms with Crippen LogP contribution in [0.15, 0.2) is 55.1 Å². The van der Waals surface area contributed by atoms with Crippen LogP contribution in [0, 0.1) is 0 Å². The van der Waals surface area contributed by atoms with Crippen molar-refractivity contribution in [1.29, 1.82) is 0 Å². The van der Waals surface area contributed by atoms with Gasteiger partial charge in [0.1, 0.15) is 0 Å². The first-order chi connectivity index (χ1) is 12.2. The fourth-order valence-electron chi connectivity index (χ4n) is 3.08. The average Bonchev–Trinajstić information content (AvgIpc) is 3.11. The number of anilines is 2. The molecule has 0 spiro atoms. The van der Waals surface area contributed by atoms with E-state index in [0.29, 0.717) is 5.56 Å². The van der Waals surface area contributed by atoms with Crippen molar-refractivity contribution < 1.29 is 4.79 Å². The van der Waals surface area contributed by atoms with E-state index in [4.69, 9.17) is 0 Å². The lowest BCUT2D eigenvalue weighted by Crippen LogP contribution is -2.44. The van der Waals surface area contributed by atoms with E-state index in [1.807, 2.05) is 28.8 Å². The first-order valence-corrected chi connectivity index (χ1v) is 8.46. The van der Waals surface area contributed by atoms with Gasteiger partial charge in [-0.1, -0.05) is 0 Å². The number of benzene rings is 1. The lowest BCUT2D eigenvalue weighted by Gasteiger charge is -2.34. The van der Waals surface area contributed by atoms with Crippen LogP contribution in [0.5, 0.6) is 0 Å². The number of aromatic nitrogens is 2. The number of piperazine rings is 1. The van der Waals surface area contributed by atoms with E-state index in [1.54, 1.807) is 18.6 Å². The van der Waals surface area contributed by atoms with Crippen molar-refractivity contribution in [2.24, 2.45) is 0 Å². The summed E-state index contributed by atoms with van der Waals surface area (Å²) < 4.78 is 1.88. The van der Waals surface area contributed by atoms with Gasteiger partial charge in [-0.05, 0) is 43.4 Å². The molecule has 3 heterocycles. The summed E-state index contributed by atoms with van der Waals surface area (Å²) in [5.74, 6) is -0.115. The average molecular weight is 335 g/mol. The van der Waals surface area contributed by atoms with Gasteiger partial charge in [0, 0.05) is 49.3 Å². The minimum atomic E-state index is -0.115. The fraction of sp³-hybridized carbons (Fsp3) is 0.263. The van der Waals surface area contributed by atoms with Gasteiger partial charge in [-0.3, -0.25) is 4.79 Å². The number of imidazole rings is 1. The van der Waals surface area contributed by atoms with Crippen molar-refractivity contribution in [2.75, 3.05) is 43.4 Å². The molecule has 2 aromatic heterocycles. The number of carbonyl (C=O) groups excluding carboxylic acids is 1. The maximum Gasteiger partial charge on any atom is 0.255 e. The monoisotopic (exact) mass is 335 g/mol. The van der Waals surface area contributed by atoms with Crippen LogP contribution < -0.4 is 10.2 Å². The normalized spacial score (nSPS) is 15.5. The van der Waals surface area contributed by atoms with E-state index in [1.165, 1.54) is 5.69 Å². The zero-order chi connectivity index (χ0) is 17.2. The van der Waals surface area contributed by atoms with E-state index >= 15 is 0 Å². The van der Waals surface area contributed by atoms with E-state index < -0.39 is 0 Å². The molecule has 1 fully saturated rings. The predicted octanol–water partition coefficient (Wildman–Crippen LogP) is 2.34. The molecule has 1 amide bonds. The van der Waals surface area contributed by atoms with Crippen LogP contribution in [-0.2, 0) is 0 Å². The largest absolute Gasteiger partial charge is 0.369 e. The third-order valence-corrected chi connectivity index (χ3v) is 4.67. The van der Waals surface area contributed by atoms with E-state index in [0.717, 1.165) is 37.4 Å². The second-order valence-corrected chi connectivity index (χ2v) is 6.43. The number of amides is 1. The smallest absolute Gasteiger partial charge is 0.255 e. The topological polar surface area (TPSA) is 52.9 Å². The Morgan fingerprint density at radius 2 is 1.84 bits per heavy atom. The Labute approximate surface area is 146 Å². The molecule has 0 aliphatic carbocycles. The Morgan fingerprint density at radius 3 is 2.60 bits per heavy atom. The number of pyridine rings is 1. The molecule has 1 aliphatic heterocycles. The minimum Gasteiger partial charge on any atom is -0.369 e. The van der Waals surface area contributed by atoms with Crippen LogP contribution >= 0.6 is 0 Å². The summed E-state index contributed by atoms with van der Waals surface area (Å²) in [7, 11) is 2.15. The second kappa shape index (κ2) is 6.57. The minimum absolute atomic E-state index is 0.115. The van der Waals surface area contributed by atoms with Crippen LogP contribution in [0.4, 0.5) is 11.4 Å². The zero-order valence-corrected chi connectivity index (χ0v) is 14.2. The number of nitrogens with one attached hydrogen (secondary N) is 1. The van der Waals surface area contributed by atoms with Crippen LogP contribution in [-0.4, -0.2) is 53.4 Å². The molecule has 1 saturated heterocycles. The van der Waals surface area contributed by atoms with Crippen LogP contribution in [0.2, 0.25) is 0 Å². The third kappa shape index (κ3) is 3.34. The number of rotatable bonds is 3. The summed E-state index contributed by atoms with van der Waals surface area (Å²) in [6.45, 7) is 4.23. The van der Waals surface area contributed by atoms with Gasteiger partial charge in [0.25, 0.3) is 5.91 Å². The molecule has 0 atom stereocenters. The Balaban J connectivity index is 1.44. The number of carbonyl (C=O) groups is 1. The Hall–Kier alpha value is -2.86. The summed E-state index contributed by atoms with van der Waals surface area (Å²) in [4.78, 5) is 21.2. The number of likely N-dealkylation sites (N-methyl/N-ethyl adjacent to an activating group) is 1. The Morgan fingerprint density at radius 1 is 1.08 bits per heavy atom. The molecule has 128 valence electrons. The summed E-state index contributed by atoms with van der Waals surface area (Å²) in [5, 5.41) is 2.96. The van der Waals surface area contributed by atoms with Gasteiger partial charge in [0.05, 0.1) is 18.0 Å². The third-order valence-electron chi connectivity index (χ3n) is 4.67. The van der Waals surface area contributed by atoms with Crippen molar-refractivity contribution in [1.82, 2.24) is 14.3 Å². The number of nitrogens with zero attached hydrogens (tertiary/aromatic N) is 4. The molecule has 6 nitrogen and oxygen atoms in total. The number of hydrogen-bond donors (Lipinski definition) is 1. The van der Waals surface area contributed by atoms with Gasteiger partial charge in [0.2, 0.25) is 0 Å². The van der Waals surface area contributed by atoms with Crippen molar-refractivity contribution >= 4 is 22.8 Å². The van der Waals surface area contributed by atoms with E-state index in [9.17, 15) is 4.79 Å². The molecule has 1 aromatic carbocycles. The second-order valence-electron chi connectivity index (χ2n) is 6.43. The fourth-order valence-corrected chi connectivity index (χ4v) is 3.08.